The van der Waals surface area contributed by atoms with Gasteiger partial charge < -0.3 is 19.8 Å². The molecule has 1 aliphatic rings. The summed E-state index contributed by atoms with van der Waals surface area (Å²) in [4.78, 5) is 22.4. The molecule has 172 valence electrons. The number of aromatic nitrogens is 2. The number of aromatic amines is 1. The molecule has 0 saturated carbocycles. The second-order valence-electron chi connectivity index (χ2n) is 9.18. The first kappa shape index (κ1) is 23.4. The minimum absolute atomic E-state index is 0.138. The van der Waals surface area contributed by atoms with Crippen LogP contribution in [0.2, 0.25) is 0 Å². The van der Waals surface area contributed by atoms with Crippen molar-refractivity contribution in [1.29, 1.82) is 0 Å². The monoisotopic (exact) mass is 455 g/mol. The molecule has 0 bridgehead atoms. The molecule has 8 heteroatoms. The number of carbonyl (C=O) groups excluding carboxylic acids is 1. The number of hydrogen-bond acceptors (Lipinski definition) is 5. The van der Waals surface area contributed by atoms with E-state index in [0.29, 0.717) is 12.0 Å². The van der Waals surface area contributed by atoms with Crippen molar-refractivity contribution in [2.24, 2.45) is 0 Å². The van der Waals surface area contributed by atoms with Crippen molar-refractivity contribution < 1.29 is 19.6 Å². The first-order valence-electron chi connectivity index (χ1n) is 11.2. The summed E-state index contributed by atoms with van der Waals surface area (Å²) in [5, 5.41) is 18.3. The van der Waals surface area contributed by atoms with Crippen molar-refractivity contribution in [2.75, 3.05) is 6.54 Å². The van der Waals surface area contributed by atoms with Crippen LogP contribution in [0.3, 0.4) is 0 Å². The zero-order valence-electron chi connectivity index (χ0n) is 19.4. The Labute approximate surface area is 199 Å². The highest BCUT2D eigenvalue weighted by Gasteiger charge is 2.34. The van der Waals surface area contributed by atoms with Crippen molar-refractivity contribution in [3.8, 4) is 23.7 Å². The molecule has 1 aliphatic heterocycles. The van der Waals surface area contributed by atoms with E-state index in [2.05, 4.69) is 28.7 Å². The lowest BCUT2D eigenvalue weighted by Gasteiger charge is -2.27. The molecule has 1 aromatic heterocycles. The Balaban J connectivity index is 1.49. The summed E-state index contributed by atoms with van der Waals surface area (Å²) in [5.41, 5.74) is 3.07. The molecular formula is C26H26BN3O4. The van der Waals surface area contributed by atoms with Crippen LogP contribution in [0.1, 0.15) is 56.6 Å². The van der Waals surface area contributed by atoms with Crippen molar-refractivity contribution in [1.82, 2.24) is 14.9 Å². The van der Waals surface area contributed by atoms with Gasteiger partial charge in [0.25, 0.3) is 0 Å². The molecule has 7 nitrogen and oxygen atoms in total. The molecule has 34 heavy (non-hydrogen) atoms. The van der Waals surface area contributed by atoms with E-state index < -0.39 is 12.7 Å². The van der Waals surface area contributed by atoms with Crippen molar-refractivity contribution >= 4 is 29.7 Å². The fraction of sp³-hybridized carbons (Fsp3) is 0.308. The molecule has 1 atom stereocenters. The van der Waals surface area contributed by atoms with Crippen LogP contribution >= 0.6 is 0 Å². The minimum Gasteiger partial charge on any atom is -0.444 e. The summed E-state index contributed by atoms with van der Waals surface area (Å²) in [7, 11) is -1.49. The number of carbonyl (C=O) groups is 1. The molecule has 0 unspecified atom stereocenters. The van der Waals surface area contributed by atoms with Crippen LogP contribution in [-0.4, -0.2) is 50.3 Å². The number of benzene rings is 2. The molecule has 0 aliphatic carbocycles. The van der Waals surface area contributed by atoms with Gasteiger partial charge in [-0.25, -0.2) is 9.78 Å². The predicted molar refractivity (Wildman–Crippen MR) is 131 cm³/mol. The average Bonchev–Trinajstić information content (AvgIpc) is 3.42. The molecule has 3 aromatic rings. The van der Waals surface area contributed by atoms with Crippen LogP contribution in [0.5, 0.6) is 0 Å². The molecule has 0 spiro atoms. The number of H-pyrrole nitrogens is 1. The fourth-order valence-corrected chi connectivity index (χ4v) is 3.80. The molecule has 1 fully saturated rings. The highest BCUT2D eigenvalue weighted by molar-refractivity contribution is 6.58. The van der Waals surface area contributed by atoms with Gasteiger partial charge in [0, 0.05) is 17.7 Å². The average molecular weight is 455 g/mol. The Morgan fingerprint density at radius 3 is 2.47 bits per heavy atom. The first-order chi connectivity index (χ1) is 16.2. The lowest BCUT2D eigenvalue weighted by atomic mass is 9.80. The Kier molecular flexibility index (Phi) is 6.65. The van der Waals surface area contributed by atoms with E-state index in [-0.39, 0.29) is 12.1 Å². The Bertz CT molecular complexity index is 1320. The number of ether oxygens (including phenoxy) is 1. The number of hydrogen-bond donors (Lipinski definition) is 3. The van der Waals surface area contributed by atoms with Crippen molar-refractivity contribution in [2.45, 2.75) is 45.3 Å². The van der Waals surface area contributed by atoms with Gasteiger partial charge >= 0.3 is 13.2 Å². The second kappa shape index (κ2) is 9.65. The quantitative estimate of drug-likeness (QED) is 0.408. The maximum Gasteiger partial charge on any atom is 0.488 e. The van der Waals surface area contributed by atoms with Crippen LogP contribution in [0, 0.1) is 23.7 Å². The summed E-state index contributed by atoms with van der Waals surface area (Å²) in [6, 6.07) is 12.2. The summed E-state index contributed by atoms with van der Waals surface area (Å²) in [6.45, 7) is 6.24. The van der Waals surface area contributed by atoms with Gasteiger partial charge in [-0.05, 0) is 81.2 Å². The number of fused-ring (bicyclic) bond motifs is 1. The van der Waals surface area contributed by atoms with E-state index in [1.54, 1.807) is 29.2 Å². The van der Waals surface area contributed by atoms with E-state index in [1.165, 1.54) is 0 Å². The highest BCUT2D eigenvalue weighted by atomic mass is 16.6. The normalized spacial score (nSPS) is 15.3. The van der Waals surface area contributed by atoms with E-state index in [9.17, 15) is 4.79 Å². The topological polar surface area (TPSA) is 98.7 Å². The largest absolute Gasteiger partial charge is 0.488 e. The Morgan fingerprint density at radius 1 is 1.12 bits per heavy atom. The summed E-state index contributed by atoms with van der Waals surface area (Å²) in [6.07, 6.45) is 1.42. The van der Waals surface area contributed by atoms with Gasteiger partial charge in [-0.2, -0.15) is 0 Å². The van der Waals surface area contributed by atoms with Gasteiger partial charge in [-0.1, -0.05) is 24.0 Å². The maximum atomic E-state index is 12.6. The molecular weight excluding hydrogens is 429 g/mol. The molecule has 1 saturated heterocycles. The van der Waals surface area contributed by atoms with Gasteiger partial charge in [0.15, 0.2) is 0 Å². The molecule has 0 radical (unpaired) electrons. The number of imidazole rings is 1. The number of amides is 1. The third kappa shape index (κ3) is 5.61. The lowest BCUT2D eigenvalue weighted by molar-refractivity contribution is 0.0219. The summed E-state index contributed by atoms with van der Waals surface area (Å²) < 4.78 is 5.56. The summed E-state index contributed by atoms with van der Waals surface area (Å²) >= 11 is 0. The third-order valence-electron chi connectivity index (χ3n) is 5.38. The van der Waals surface area contributed by atoms with E-state index >= 15 is 0 Å². The SMILES string of the molecule is CC(C)(C)OC(=O)N1CCC[C@H]1c1nc2ccc(C#CC#Cc3ccc(B(O)O)cc3)cc2[nH]1. The van der Waals surface area contributed by atoms with Gasteiger partial charge in [0.1, 0.15) is 11.4 Å². The molecule has 3 N–H and O–H groups in total. The molecule has 2 aromatic carbocycles. The fourth-order valence-electron chi connectivity index (χ4n) is 3.80. The highest BCUT2D eigenvalue weighted by Crippen LogP contribution is 2.32. The zero-order valence-corrected chi connectivity index (χ0v) is 19.4. The standard InChI is InChI=1S/C26H26BN3O4/c1-26(2,3)34-25(31)30-16-6-9-23(30)24-28-21-15-12-19(17-22(21)29-24)8-5-4-7-18-10-13-20(14-11-18)27(32)33/h10-15,17,23,32-33H,6,9,16H2,1-3H3,(H,28,29)/t23-/m0/s1. The van der Waals surface area contributed by atoms with Crippen LogP contribution in [0.4, 0.5) is 4.79 Å². The molecule has 1 amide bonds. The second-order valence-corrected chi connectivity index (χ2v) is 9.18. The van der Waals surface area contributed by atoms with E-state index in [4.69, 9.17) is 19.8 Å². The Hall–Kier alpha value is -3.72. The predicted octanol–water partition coefficient (Wildman–Crippen LogP) is 2.72. The maximum absolute atomic E-state index is 12.6. The van der Waals surface area contributed by atoms with Crippen LogP contribution in [-0.2, 0) is 4.74 Å². The van der Waals surface area contributed by atoms with Crippen molar-refractivity contribution in [3.63, 3.8) is 0 Å². The van der Waals surface area contributed by atoms with Crippen LogP contribution in [0.25, 0.3) is 11.0 Å². The van der Waals surface area contributed by atoms with Gasteiger partial charge in [-0.3, -0.25) is 4.90 Å². The van der Waals surface area contributed by atoms with E-state index in [0.717, 1.165) is 40.8 Å². The number of rotatable bonds is 2. The van der Waals surface area contributed by atoms with Crippen LogP contribution < -0.4 is 5.46 Å². The lowest BCUT2D eigenvalue weighted by Crippen LogP contribution is -2.36. The van der Waals surface area contributed by atoms with Gasteiger partial charge in [-0.15, -0.1) is 0 Å². The van der Waals surface area contributed by atoms with Gasteiger partial charge in [0.2, 0.25) is 0 Å². The van der Waals surface area contributed by atoms with Crippen LogP contribution in [0.15, 0.2) is 42.5 Å². The summed E-state index contributed by atoms with van der Waals surface area (Å²) in [5.74, 6) is 12.4. The van der Waals surface area contributed by atoms with Crippen molar-refractivity contribution in [3.05, 3.63) is 59.4 Å². The molecule has 2 heterocycles. The van der Waals surface area contributed by atoms with E-state index in [1.807, 2.05) is 39.0 Å². The van der Waals surface area contributed by atoms with Gasteiger partial charge in [0.05, 0.1) is 17.1 Å². The number of nitrogens with zero attached hydrogens (tertiary/aromatic N) is 2. The number of nitrogens with one attached hydrogen (secondary N) is 1. The third-order valence-corrected chi connectivity index (χ3v) is 5.38. The first-order valence-corrected chi connectivity index (χ1v) is 11.2. The number of likely N-dealkylation sites (tertiary alicyclic amines) is 1. The minimum atomic E-state index is -1.49. The molecule has 4 rings (SSSR count). The Morgan fingerprint density at radius 2 is 1.79 bits per heavy atom. The smallest absolute Gasteiger partial charge is 0.444 e. The zero-order chi connectivity index (χ0) is 24.3.